The minimum absolute atomic E-state index is 0.0503. The van der Waals surface area contributed by atoms with Gasteiger partial charge >= 0.3 is 0 Å². The fraction of sp³-hybridized carbons (Fsp3) is 0.400. The molecular formula is C25H30N4O4. The van der Waals surface area contributed by atoms with E-state index in [0.29, 0.717) is 43.5 Å². The number of carbonyl (C=O) groups is 1. The lowest BCUT2D eigenvalue weighted by molar-refractivity contribution is 0.0615. The molecule has 0 unspecified atom stereocenters. The number of piperazine rings is 1. The number of benzene rings is 2. The fourth-order valence-corrected chi connectivity index (χ4v) is 3.69. The van der Waals surface area contributed by atoms with Gasteiger partial charge in [0, 0.05) is 37.3 Å². The zero-order chi connectivity index (χ0) is 23.0. The first-order chi connectivity index (χ1) is 16.2. The summed E-state index contributed by atoms with van der Waals surface area (Å²) >= 11 is 0. The van der Waals surface area contributed by atoms with Crippen molar-refractivity contribution in [1.82, 2.24) is 19.9 Å². The van der Waals surface area contributed by atoms with Gasteiger partial charge in [0.2, 0.25) is 11.7 Å². The van der Waals surface area contributed by atoms with Crippen LogP contribution < -0.4 is 9.47 Å². The maximum atomic E-state index is 12.9. The van der Waals surface area contributed by atoms with E-state index in [9.17, 15) is 4.79 Å². The number of hydrogen-bond acceptors (Lipinski definition) is 7. The lowest BCUT2D eigenvalue weighted by Crippen LogP contribution is -2.48. The standard InChI is InChI=1S/C25H30N4O4/c1-3-4-17-32-22-11-7-20(8-12-22)25(30)29-15-13-28(14-16-29)18-23-26-24(27-33-23)19-5-9-21(31-2)10-6-19/h5-12H,3-4,13-18H2,1-2H3. The highest BCUT2D eigenvalue weighted by Gasteiger charge is 2.23. The van der Waals surface area contributed by atoms with Crippen molar-refractivity contribution in [3.8, 4) is 22.9 Å². The van der Waals surface area contributed by atoms with Gasteiger partial charge in [0.15, 0.2) is 0 Å². The summed E-state index contributed by atoms with van der Waals surface area (Å²) in [5.41, 5.74) is 1.57. The Hall–Kier alpha value is -3.39. The Bertz CT molecular complexity index is 1030. The molecule has 1 aromatic heterocycles. The van der Waals surface area contributed by atoms with E-state index in [0.717, 1.165) is 43.0 Å². The van der Waals surface area contributed by atoms with Crippen molar-refractivity contribution >= 4 is 5.91 Å². The summed E-state index contributed by atoms with van der Waals surface area (Å²) in [5.74, 6) is 2.77. The van der Waals surface area contributed by atoms with Gasteiger partial charge in [-0.1, -0.05) is 18.5 Å². The van der Waals surface area contributed by atoms with E-state index < -0.39 is 0 Å². The van der Waals surface area contributed by atoms with E-state index in [1.54, 1.807) is 7.11 Å². The third kappa shape index (κ3) is 5.90. The van der Waals surface area contributed by atoms with Gasteiger partial charge in [-0.2, -0.15) is 4.98 Å². The number of amides is 1. The van der Waals surface area contributed by atoms with Crippen molar-refractivity contribution in [2.75, 3.05) is 39.9 Å². The molecule has 0 atom stereocenters. The molecule has 3 aromatic rings. The molecule has 0 bridgehead atoms. The molecule has 2 heterocycles. The number of hydrogen-bond donors (Lipinski definition) is 0. The van der Waals surface area contributed by atoms with Gasteiger partial charge in [-0.15, -0.1) is 0 Å². The van der Waals surface area contributed by atoms with Crippen LogP contribution in [-0.4, -0.2) is 65.7 Å². The van der Waals surface area contributed by atoms with Crippen LogP contribution in [0.15, 0.2) is 53.1 Å². The molecule has 0 saturated carbocycles. The average Bonchev–Trinajstić information content (AvgIpc) is 3.33. The van der Waals surface area contributed by atoms with Gasteiger partial charge in [-0.05, 0) is 55.0 Å². The molecule has 1 saturated heterocycles. The Labute approximate surface area is 194 Å². The van der Waals surface area contributed by atoms with E-state index in [2.05, 4.69) is 22.0 Å². The molecule has 0 spiro atoms. The largest absolute Gasteiger partial charge is 0.497 e. The SMILES string of the molecule is CCCCOc1ccc(C(=O)N2CCN(Cc3nc(-c4ccc(OC)cc4)no3)CC2)cc1. The molecule has 0 N–H and O–H groups in total. The predicted molar refractivity (Wildman–Crippen MR) is 124 cm³/mol. The molecule has 8 nitrogen and oxygen atoms in total. The molecule has 1 aliphatic heterocycles. The number of unbranched alkanes of at least 4 members (excludes halogenated alkanes) is 1. The monoisotopic (exact) mass is 450 g/mol. The van der Waals surface area contributed by atoms with Crippen molar-refractivity contribution in [3.05, 3.63) is 60.0 Å². The first-order valence-electron chi connectivity index (χ1n) is 11.4. The predicted octanol–water partition coefficient (Wildman–Crippen LogP) is 3.88. The molecule has 33 heavy (non-hydrogen) atoms. The van der Waals surface area contributed by atoms with Crippen LogP contribution in [0.5, 0.6) is 11.5 Å². The quantitative estimate of drug-likeness (QED) is 0.458. The number of aromatic nitrogens is 2. The Morgan fingerprint density at radius 3 is 2.36 bits per heavy atom. The molecule has 8 heteroatoms. The van der Waals surface area contributed by atoms with Gasteiger partial charge in [0.25, 0.3) is 5.91 Å². The number of rotatable bonds is 9. The Morgan fingerprint density at radius 1 is 1.00 bits per heavy atom. The number of carbonyl (C=O) groups excluding carboxylic acids is 1. The smallest absolute Gasteiger partial charge is 0.253 e. The van der Waals surface area contributed by atoms with Gasteiger partial charge in [0.05, 0.1) is 20.3 Å². The minimum Gasteiger partial charge on any atom is -0.497 e. The molecule has 2 aromatic carbocycles. The molecular weight excluding hydrogens is 420 g/mol. The van der Waals surface area contributed by atoms with Crippen LogP contribution >= 0.6 is 0 Å². The van der Waals surface area contributed by atoms with Crippen molar-refractivity contribution in [1.29, 1.82) is 0 Å². The van der Waals surface area contributed by atoms with E-state index in [1.807, 2.05) is 53.4 Å². The molecule has 1 fully saturated rings. The van der Waals surface area contributed by atoms with Gasteiger partial charge in [-0.3, -0.25) is 9.69 Å². The van der Waals surface area contributed by atoms with Gasteiger partial charge in [-0.25, -0.2) is 0 Å². The lowest BCUT2D eigenvalue weighted by Gasteiger charge is -2.34. The Balaban J connectivity index is 1.26. The highest BCUT2D eigenvalue weighted by atomic mass is 16.5. The molecule has 4 rings (SSSR count). The summed E-state index contributed by atoms with van der Waals surface area (Å²) in [4.78, 5) is 21.5. The summed E-state index contributed by atoms with van der Waals surface area (Å²) in [7, 11) is 1.63. The fourth-order valence-electron chi connectivity index (χ4n) is 3.69. The van der Waals surface area contributed by atoms with E-state index in [1.165, 1.54) is 0 Å². The van der Waals surface area contributed by atoms with Crippen molar-refractivity contribution < 1.29 is 18.8 Å². The van der Waals surface area contributed by atoms with Crippen LogP contribution in [0.3, 0.4) is 0 Å². The van der Waals surface area contributed by atoms with Crippen LogP contribution in [0.4, 0.5) is 0 Å². The molecule has 0 radical (unpaired) electrons. The van der Waals surface area contributed by atoms with Crippen LogP contribution in [0, 0.1) is 0 Å². The van der Waals surface area contributed by atoms with Crippen molar-refractivity contribution in [2.24, 2.45) is 0 Å². The topological polar surface area (TPSA) is 80.9 Å². The zero-order valence-corrected chi connectivity index (χ0v) is 19.2. The summed E-state index contributed by atoms with van der Waals surface area (Å²) in [6, 6.07) is 15.0. The van der Waals surface area contributed by atoms with Crippen LogP contribution in [0.1, 0.15) is 36.0 Å². The third-order valence-corrected chi connectivity index (χ3v) is 5.70. The number of ether oxygens (including phenoxy) is 2. The van der Waals surface area contributed by atoms with Gasteiger partial charge in [0.1, 0.15) is 11.5 Å². The maximum absolute atomic E-state index is 12.9. The number of methoxy groups -OCH3 is 1. The highest BCUT2D eigenvalue weighted by molar-refractivity contribution is 5.94. The molecule has 174 valence electrons. The molecule has 1 aliphatic rings. The second-order valence-electron chi connectivity index (χ2n) is 8.03. The van der Waals surface area contributed by atoms with E-state index in [-0.39, 0.29) is 5.91 Å². The van der Waals surface area contributed by atoms with Crippen LogP contribution in [0.2, 0.25) is 0 Å². The average molecular weight is 451 g/mol. The number of nitrogens with zero attached hydrogens (tertiary/aromatic N) is 4. The second kappa shape index (κ2) is 11.0. The van der Waals surface area contributed by atoms with Crippen LogP contribution in [-0.2, 0) is 6.54 Å². The van der Waals surface area contributed by atoms with Crippen molar-refractivity contribution in [3.63, 3.8) is 0 Å². The van der Waals surface area contributed by atoms with Gasteiger partial charge < -0.3 is 18.9 Å². The van der Waals surface area contributed by atoms with E-state index >= 15 is 0 Å². The summed E-state index contributed by atoms with van der Waals surface area (Å²) in [6.07, 6.45) is 2.12. The van der Waals surface area contributed by atoms with Crippen LogP contribution in [0.25, 0.3) is 11.4 Å². The van der Waals surface area contributed by atoms with Crippen molar-refractivity contribution in [2.45, 2.75) is 26.3 Å². The first kappa shape index (κ1) is 22.8. The zero-order valence-electron chi connectivity index (χ0n) is 19.2. The summed E-state index contributed by atoms with van der Waals surface area (Å²) in [6.45, 7) is 6.23. The second-order valence-corrected chi connectivity index (χ2v) is 8.03. The summed E-state index contributed by atoms with van der Waals surface area (Å²) in [5, 5.41) is 4.09. The highest BCUT2D eigenvalue weighted by Crippen LogP contribution is 2.21. The normalized spacial score (nSPS) is 14.3. The lowest BCUT2D eigenvalue weighted by atomic mass is 10.1. The first-order valence-corrected chi connectivity index (χ1v) is 11.4. The molecule has 0 aliphatic carbocycles. The minimum atomic E-state index is 0.0503. The third-order valence-electron chi connectivity index (χ3n) is 5.70. The molecule has 1 amide bonds. The summed E-state index contributed by atoms with van der Waals surface area (Å²) < 4.78 is 16.3. The Morgan fingerprint density at radius 2 is 1.70 bits per heavy atom. The Kier molecular flexibility index (Phi) is 7.57. The van der Waals surface area contributed by atoms with E-state index in [4.69, 9.17) is 14.0 Å². The maximum Gasteiger partial charge on any atom is 0.253 e.